The fourth-order valence-electron chi connectivity index (χ4n) is 1.29. The van der Waals surface area contributed by atoms with E-state index in [1.165, 1.54) is 30.4 Å². The zero-order valence-electron chi connectivity index (χ0n) is 9.15. The second-order valence-corrected chi connectivity index (χ2v) is 3.23. The van der Waals surface area contributed by atoms with Crippen LogP contribution in [0.1, 0.15) is 26.3 Å². The van der Waals surface area contributed by atoms with Gasteiger partial charge in [0.25, 0.3) is 0 Å². The standard InChI is InChI=1S/C11H9N3O4/c12-14-13-5-1-2-7-6-8(10(15)16)3-4-9(7)11(17)18/h1-4,6H,5H2,(H,15,16)(H,17,18). The van der Waals surface area contributed by atoms with Crippen molar-refractivity contribution in [2.75, 3.05) is 6.54 Å². The molecule has 2 N–H and O–H groups in total. The van der Waals surface area contributed by atoms with Crippen molar-refractivity contribution in [2.45, 2.75) is 0 Å². The molecule has 0 fully saturated rings. The summed E-state index contributed by atoms with van der Waals surface area (Å²) in [5.41, 5.74) is 8.29. The Bertz CT molecular complexity index is 559. The van der Waals surface area contributed by atoms with Crippen molar-refractivity contribution in [3.05, 3.63) is 51.4 Å². The first-order valence-electron chi connectivity index (χ1n) is 4.84. The molecule has 0 heterocycles. The number of hydrogen-bond donors (Lipinski definition) is 2. The molecule has 0 aliphatic carbocycles. The Balaban J connectivity index is 3.14. The van der Waals surface area contributed by atoms with Crippen LogP contribution in [0.2, 0.25) is 0 Å². The number of aromatic carboxylic acids is 2. The Kier molecular flexibility index (Phi) is 4.48. The van der Waals surface area contributed by atoms with E-state index in [9.17, 15) is 9.59 Å². The predicted octanol–water partition coefficient (Wildman–Crippen LogP) is 2.41. The molecule has 0 saturated heterocycles. The molecule has 0 atom stereocenters. The van der Waals surface area contributed by atoms with Crippen molar-refractivity contribution in [1.82, 2.24) is 0 Å². The highest BCUT2D eigenvalue weighted by atomic mass is 16.4. The van der Waals surface area contributed by atoms with Gasteiger partial charge in [0.15, 0.2) is 0 Å². The van der Waals surface area contributed by atoms with Crippen LogP contribution in [0.5, 0.6) is 0 Å². The van der Waals surface area contributed by atoms with E-state index >= 15 is 0 Å². The molecule has 1 aromatic rings. The van der Waals surface area contributed by atoms with Crippen LogP contribution in [0.15, 0.2) is 29.4 Å². The molecular weight excluding hydrogens is 238 g/mol. The fraction of sp³-hybridized carbons (Fsp3) is 0.0909. The maximum absolute atomic E-state index is 10.9. The highest BCUT2D eigenvalue weighted by Crippen LogP contribution is 2.14. The average molecular weight is 247 g/mol. The SMILES string of the molecule is [N-]=[N+]=NCC=Cc1cc(C(=O)O)ccc1C(=O)O. The largest absolute Gasteiger partial charge is 0.478 e. The van der Waals surface area contributed by atoms with E-state index in [4.69, 9.17) is 15.7 Å². The van der Waals surface area contributed by atoms with E-state index in [1.54, 1.807) is 0 Å². The molecule has 0 aliphatic heterocycles. The lowest BCUT2D eigenvalue weighted by atomic mass is 10.0. The fourth-order valence-corrected chi connectivity index (χ4v) is 1.29. The van der Waals surface area contributed by atoms with Crippen molar-refractivity contribution in [3.63, 3.8) is 0 Å². The summed E-state index contributed by atoms with van der Waals surface area (Å²) < 4.78 is 0. The topological polar surface area (TPSA) is 123 Å². The summed E-state index contributed by atoms with van der Waals surface area (Å²) in [6.07, 6.45) is 2.86. The Morgan fingerprint density at radius 1 is 1.33 bits per heavy atom. The van der Waals surface area contributed by atoms with Crippen LogP contribution in [-0.4, -0.2) is 28.7 Å². The van der Waals surface area contributed by atoms with E-state index in [0.717, 1.165) is 0 Å². The number of carboxylic acids is 2. The Morgan fingerprint density at radius 3 is 2.61 bits per heavy atom. The lowest BCUT2D eigenvalue weighted by molar-refractivity contribution is 0.0681. The van der Waals surface area contributed by atoms with Crippen LogP contribution in [0.3, 0.4) is 0 Å². The van der Waals surface area contributed by atoms with Crippen molar-refractivity contribution in [2.24, 2.45) is 5.11 Å². The van der Waals surface area contributed by atoms with Gasteiger partial charge in [0.1, 0.15) is 0 Å². The zero-order valence-corrected chi connectivity index (χ0v) is 9.15. The smallest absolute Gasteiger partial charge is 0.336 e. The quantitative estimate of drug-likeness (QED) is 0.471. The van der Waals surface area contributed by atoms with E-state index in [2.05, 4.69) is 10.0 Å². The van der Waals surface area contributed by atoms with Crippen LogP contribution in [0, 0.1) is 0 Å². The number of hydrogen-bond acceptors (Lipinski definition) is 3. The van der Waals surface area contributed by atoms with E-state index in [0.29, 0.717) is 0 Å². The Hall–Kier alpha value is -2.79. The summed E-state index contributed by atoms with van der Waals surface area (Å²) in [7, 11) is 0. The van der Waals surface area contributed by atoms with E-state index in [-0.39, 0.29) is 23.2 Å². The van der Waals surface area contributed by atoms with Crippen LogP contribution in [0.25, 0.3) is 16.5 Å². The minimum absolute atomic E-state index is 0.0107. The summed E-state index contributed by atoms with van der Waals surface area (Å²) in [6, 6.07) is 3.69. The predicted molar refractivity (Wildman–Crippen MR) is 63.4 cm³/mol. The van der Waals surface area contributed by atoms with Crippen molar-refractivity contribution < 1.29 is 19.8 Å². The summed E-state index contributed by atoms with van der Waals surface area (Å²) in [6.45, 7) is 0.0624. The molecule has 1 aromatic carbocycles. The summed E-state index contributed by atoms with van der Waals surface area (Å²) in [4.78, 5) is 24.2. The monoisotopic (exact) mass is 247 g/mol. The first kappa shape index (κ1) is 13.3. The first-order chi connectivity index (χ1) is 8.56. The molecule has 0 saturated carbocycles. The minimum Gasteiger partial charge on any atom is -0.478 e. The van der Waals surface area contributed by atoms with Gasteiger partial charge in [0, 0.05) is 11.5 Å². The third-order valence-corrected chi connectivity index (χ3v) is 2.08. The van der Waals surface area contributed by atoms with Gasteiger partial charge in [-0.1, -0.05) is 17.3 Å². The van der Waals surface area contributed by atoms with Crippen LogP contribution >= 0.6 is 0 Å². The van der Waals surface area contributed by atoms with Crippen LogP contribution in [0.4, 0.5) is 0 Å². The van der Waals surface area contributed by atoms with Crippen molar-refractivity contribution in [1.29, 1.82) is 0 Å². The first-order valence-corrected chi connectivity index (χ1v) is 4.84. The molecule has 1 rings (SSSR count). The molecule has 0 radical (unpaired) electrons. The van der Waals surface area contributed by atoms with Crippen molar-refractivity contribution >= 4 is 18.0 Å². The molecule has 0 unspecified atom stereocenters. The lowest BCUT2D eigenvalue weighted by Gasteiger charge is -2.02. The number of benzene rings is 1. The average Bonchev–Trinajstić information content (AvgIpc) is 2.34. The van der Waals surface area contributed by atoms with Gasteiger partial charge in [-0.05, 0) is 29.3 Å². The Morgan fingerprint density at radius 2 is 2.06 bits per heavy atom. The molecule has 7 nitrogen and oxygen atoms in total. The van der Waals surface area contributed by atoms with E-state index in [1.807, 2.05) is 0 Å². The second-order valence-electron chi connectivity index (χ2n) is 3.23. The molecule has 92 valence electrons. The number of azide groups is 1. The van der Waals surface area contributed by atoms with Gasteiger partial charge in [-0.2, -0.15) is 0 Å². The highest BCUT2D eigenvalue weighted by Gasteiger charge is 2.11. The van der Waals surface area contributed by atoms with Gasteiger partial charge < -0.3 is 10.2 Å². The van der Waals surface area contributed by atoms with Crippen LogP contribution in [-0.2, 0) is 0 Å². The maximum Gasteiger partial charge on any atom is 0.336 e. The Labute approximate surface area is 102 Å². The molecule has 0 aromatic heterocycles. The van der Waals surface area contributed by atoms with Gasteiger partial charge in [-0.15, -0.1) is 0 Å². The summed E-state index contributed by atoms with van der Waals surface area (Å²) >= 11 is 0. The maximum atomic E-state index is 10.9. The van der Waals surface area contributed by atoms with E-state index < -0.39 is 11.9 Å². The molecular formula is C11H9N3O4. The van der Waals surface area contributed by atoms with Gasteiger partial charge in [0.05, 0.1) is 11.1 Å². The molecule has 18 heavy (non-hydrogen) atoms. The van der Waals surface area contributed by atoms with Gasteiger partial charge in [-0.3, -0.25) is 0 Å². The molecule has 0 amide bonds. The lowest BCUT2D eigenvalue weighted by Crippen LogP contribution is -2.03. The highest BCUT2D eigenvalue weighted by molar-refractivity contribution is 5.95. The molecule has 0 bridgehead atoms. The van der Waals surface area contributed by atoms with Crippen LogP contribution < -0.4 is 0 Å². The normalized spacial score (nSPS) is 10.0. The van der Waals surface area contributed by atoms with Gasteiger partial charge >= 0.3 is 11.9 Å². The molecule has 0 spiro atoms. The van der Waals surface area contributed by atoms with Gasteiger partial charge in [0.2, 0.25) is 0 Å². The molecule has 7 heteroatoms. The van der Waals surface area contributed by atoms with Crippen molar-refractivity contribution in [3.8, 4) is 0 Å². The third kappa shape index (κ3) is 3.36. The third-order valence-electron chi connectivity index (χ3n) is 2.08. The number of rotatable bonds is 5. The second kappa shape index (κ2) is 6.07. The van der Waals surface area contributed by atoms with Gasteiger partial charge in [-0.25, -0.2) is 9.59 Å². The summed E-state index contributed by atoms with van der Waals surface area (Å²) in [5, 5.41) is 21.0. The number of carbonyl (C=O) groups is 2. The zero-order chi connectivity index (χ0) is 13.5. The number of nitrogens with zero attached hydrogens (tertiary/aromatic N) is 3. The summed E-state index contributed by atoms with van der Waals surface area (Å²) in [5.74, 6) is -2.30. The molecule has 0 aliphatic rings. The number of carboxylic acid groups (broad SMARTS) is 2. The minimum atomic E-state index is -1.16.